The number of anilines is 1. The standard InChI is InChI=1S/C15H23N3O3/c1-4-17-15(2,3)14(20)18-11-7-5-6-8-12(11)21-10-9-13(16)19/h5-8,17H,4,9-10H2,1-3H3,(H2,16,19)(H,18,20). The lowest BCUT2D eigenvalue weighted by molar-refractivity contribution is -0.121. The fourth-order valence-electron chi connectivity index (χ4n) is 1.76. The maximum absolute atomic E-state index is 12.3. The van der Waals surface area contributed by atoms with Crippen molar-refractivity contribution in [3.8, 4) is 5.75 Å². The maximum Gasteiger partial charge on any atom is 0.244 e. The summed E-state index contributed by atoms with van der Waals surface area (Å²) in [6.07, 6.45) is 0.130. The summed E-state index contributed by atoms with van der Waals surface area (Å²) in [5.74, 6) is -0.0699. The second kappa shape index (κ2) is 7.64. The lowest BCUT2D eigenvalue weighted by Gasteiger charge is -2.25. The molecule has 0 saturated heterocycles. The molecule has 4 N–H and O–H groups in total. The van der Waals surface area contributed by atoms with E-state index in [1.807, 2.05) is 20.8 Å². The van der Waals surface area contributed by atoms with Gasteiger partial charge in [0.05, 0.1) is 24.3 Å². The van der Waals surface area contributed by atoms with E-state index in [4.69, 9.17) is 10.5 Å². The smallest absolute Gasteiger partial charge is 0.244 e. The van der Waals surface area contributed by atoms with Crippen molar-refractivity contribution in [2.75, 3.05) is 18.5 Å². The number of likely N-dealkylation sites (N-methyl/N-ethyl adjacent to an activating group) is 1. The van der Waals surface area contributed by atoms with Crippen molar-refractivity contribution in [3.05, 3.63) is 24.3 Å². The van der Waals surface area contributed by atoms with Gasteiger partial charge in [0.25, 0.3) is 0 Å². The highest BCUT2D eigenvalue weighted by molar-refractivity contribution is 5.98. The number of primary amides is 1. The van der Waals surface area contributed by atoms with Crippen LogP contribution < -0.4 is 21.1 Å². The van der Waals surface area contributed by atoms with E-state index in [1.165, 1.54) is 0 Å². The minimum absolute atomic E-state index is 0.130. The van der Waals surface area contributed by atoms with Crippen LogP contribution >= 0.6 is 0 Å². The van der Waals surface area contributed by atoms with E-state index in [1.54, 1.807) is 24.3 Å². The molecule has 0 unspecified atom stereocenters. The summed E-state index contributed by atoms with van der Waals surface area (Å²) >= 11 is 0. The molecule has 6 nitrogen and oxygen atoms in total. The average Bonchev–Trinajstić information content (AvgIpc) is 2.40. The number of hydrogen-bond acceptors (Lipinski definition) is 4. The minimum Gasteiger partial charge on any atom is -0.491 e. The van der Waals surface area contributed by atoms with Crippen LogP contribution in [-0.4, -0.2) is 30.5 Å². The van der Waals surface area contributed by atoms with Crippen LogP contribution in [0.15, 0.2) is 24.3 Å². The van der Waals surface area contributed by atoms with Crippen LogP contribution in [-0.2, 0) is 9.59 Å². The topological polar surface area (TPSA) is 93.4 Å². The monoisotopic (exact) mass is 293 g/mol. The summed E-state index contributed by atoms with van der Waals surface area (Å²) in [6.45, 7) is 6.43. The van der Waals surface area contributed by atoms with Crippen LogP contribution in [0.5, 0.6) is 5.75 Å². The number of para-hydroxylation sites is 2. The Morgan fingerprint density at radius 1 is 1.29 bits per heavy atom. The van der Waals surface area contributed by atoms with Crippen LogP contribution in [0.25, 0.3) is 0 Å². The van der Waals surface area contributed by atoms with Crippen molar-refractivity contribution in [3.63, 3.8) is 0 Å². The first-order valence-electron chi connectivity index (χ1n) is 6.93. The Bertz CT molecular complexity index is 501. The molecule has 6 heteroatoms. The van der Waals surface area contributed by atoms with E-state index in [2.05, 4.69) is 10.6 Å². The molecule has 0 heterocycles. The Kier molecular flexibility index (Phi) is 6.17. The molecule has 0 saturated carbocycles. The molecule has 0 aliphatic rings. The number of nitrogens with one attached hydrogen (secondary N) is 2. The van der Waals surface area contributed by atoms with Crippen molar-refractivity contribution >= 4 is 17.5 Å². The Hall–Kier alpha value is -2.08. The number of ether oxygens (including phenoxy) is 1. The Morgan fingerprint density at radius 2 is 1.95 bits per heavy atom. The van der Waals surface area contributed by atoms with E-state index in [0.29, 0.717) is 18.0 Å². The SMILES string of the molecule is CCNC(C)(C)C(=O)Nc1ccccc1OCCC(N)=O. The first-order chi connectivity index (χ1) is 9.86. The van der Waals surface area contributed by atoms with Gasteiger partial charge in [-0.05, 0) is 32.5 Å². The zero-order valence-electron chi connectivity index (χ0n) is 12.7. The molecule has 0 spiro atoms. The first-order valence-corrected chi connectivity index (χ1v) is 6.93. The van der Waals surface area contributed by atoms with Crippen molar-refractivity contribution in [1.82, 2.24) is 5.32 Å². The molecule has 2 amide bonds. The van der Waals surface area contributed by atoms with Gasteiger partial charge in [-0.25, -0.2) is 0 Å². The summed E-state index contributed by atoms with van der Waals surface area (Å²) in [6, 6.07) is 7.08. The van der Waals surface area contributed by atoms with Gasteiger partial charge in [0, 0.05) is 0 Å². The summed E-state index contributed by atoms with van der Waals surface area (Å²) < 4.78 is 5.49. The third-order valence-electron chi connectivity index (χ3n) is 2.93. The molecule has 0 bridgehead atoms. The zero-order valence-corrected chi connectivity index (χ0v) is 12.7. The van der Waals surface area contributed by atoms with Crippen molar-refractivity contribution < 1.29 is 14.3 Å². The lowest BCUT2D eigenvalue weighted by atomic mass is 10.0. The van der Waals surface area contributed by atoms with Crippen molar-refractivity contribution in [1.29, 1.82) is 0 Å². The first kappa shape index (κ1) is 17.0. The number of benzene rings is 1. The molecule has 0 aromatic heterocycles. The molecule has 1 aromatic carbocycles. The highest BCUT2D eigenvalue weighted by Gasteiger charge is 2.26. The Labute approximate surface area is 125 Å². The number of carbonyl (C=O) groups is 2. The summed E-state index contributed by atoms with van der Waals surface area (Å²) in [7, 11) is 0. The third-order valence-corrected chi connectivity index (χ3v) is 2.93. The molecule has 1 aromatic rings. The molecule has 1 rings (SSSR count). The summed E-state index contributed by atoms with van der Waals surface area (Å²) in [4.78, 5) is 23.0. The van der Waals surface area contributed by atoms with Crippen molar-refractivity contribution in [2.24, 2.45) is 5.73 Å². The second-order valence-corrected chi connectivity index (χ2v) is 5.17. The Morgan fingerprint density at radius 3 is 2.57 bits per heavy atom. The van der Waals surface area contributed by atoms with Gasteiger partial charge in [-0.15, -0.1) is 0 Å². The number of hydrogen-bond donors (Lipinski definition) is 3. The molecule has 0 aliphatic carbocycles. The molecule has 0 radical (unpaired) electrons. The molecular formula is C15H23N3O3. The maximum atomic E-state index is 12.3. The molecular weight excluding hydrogens is 270 g/mol. The Balaban J connectivity index is 2.74. The van der Waals surface area contributed by atoms with Gasteiger partial charge >= 0.3 is 0 Å². The van der Waals surface area contributed by atoms with Gasteiger partial charge in [-0.2, -0.15) is 0 Å². The highest BCUT2D eigenvalue weighted by Crippen LogP contribution is 2.24. The van der Waals surface area contributed by atoms with Gasteiger partial charge in [0.2, 0.25) is 11.8 Å². The van der Waals surface area contributed by atoms with E-state index in [9.17, 15) is 9.59 Å². The van der Waals surface area contributed by atoms with Gasteiger partial charge in [-0.1, -0.05) is 19.1 Å². The van der Waals surface area contributed by atoms with E-state index < -0.39 is 11.4 Å². The second-order valence-electron chi connectivity index (χ2n) is 5.17. The molecule has 116 valence electrons. The molecule has 0 atom stereocenters. The predicted octanol–water partition coefficient (Wildman–Crippen LogP) is 1.27. The fraction of sp³-hybridized carbons (Fsp3) is 0.467. The number of amides is 2. The zero-order chi connectivity index (χ0) is 15.9. The highest BCUT2D eigenvalue weighted by atomic mass is 16.5. The minimum atomic E-state index is -0.685. The van der Waals surface area contributed by atoms with E-state index in [0.717, 1.165) is 0 Å². The number of carbonyl (C=O) groups excluding carboxylic acids is 2. The van der Waals surface area contributed by atoms with Crippen LogP contribution in [0.2, 0.25) is 0 Å². The molecule has 21 heavy (non-hydrogen) atoms. The largest absolute Gasteiger partial charge is 0.491 e. The van der Waals surface area contributed by atoms with Gasteiger partial charge in [0.1, 0.15) is 5.75 Å². The van der Waals surface area contributed by atoms with E-state index >= 15 is 0 Å². The third kappa shape index (κ3) is 5.43. The molecule has 0 fully saturated rings. The van der Waals surface area contributed by atoms with Crippen LogP contribution in [0.3, 0.4) is 0 Å². The van der Waals surface area contributed by atoms with Gasteiger partial charge in [0.15, 0.2) is 0 Å². The van der Waals surface area contributed by atoms with E-state index in [-0.39, 0.29) is 18.9 Å². The quantitative estimate of drug-likeness (QED) is 0.673. The lowest BCUT2D eigenvalue weighted by Crippen LogP contribution is -2.49. The number of rotatable bonds is 8. The van der Waals surface area contributed by atoms with Gasteiger partial charge in [-0.3, -0.25) is 9.59 Å². The average molecular weight is 293 g/mol. The summed E-state index contributed by atoms with van der Waals surface area (Å²) in [5.41, 5.74) is 4.95. The predicted molar refractivity (Wildman–Crippen MR) is 82.1 cm³/mol. The van der Waals surface area contributed by atoms with Crippen molar-refractivity contribution in [2.45, 2.75) is 32.7 Å². The summed E-state index contributed by atoms with van der Waals surface area (Å²) in [5, 5.41) is 5.94. The molecule has 0 aliphatic heterocycles. The fourth-order valence-corrected chi connectivity index (χ4v) is 1.76. The normalized spacial score (nSPS) is 11.0. The van der Waals surface area contributed by atoms with Crippen LogP contribution in [0, 0.1) is 0 Å². The van der Waals surface area contributed by atoms with Gasteiger partial charge < -0.3 is 21.1 Å². The van der Waals surface area contributed by atoms with Crippen LogP contribution in [0.1, 0.15) is 27.2 Å². The van der Waals surface area contributed by atoms with Crippen LogP contribution in [0.4, 0.5) is 5.69 Å². The number of nitrogens with two attached hydrogens (primary N) is 1.